The fraction of sp³-hybridized carbons (Fsp3) is 0.133. The van der Waals surface area contributed by atoms with Crippen molar-refractivity contribution in [3.8, 4) is 11.4 Å². The summed E-state index contributed by atoms with van der Waals surface area (Å²) >= 11 is 0. The van der Waals surface area contributed by atoms with E-state index in [1.165, 1.54) is 5.56 Å². The van der Waals surface area contributed by atoms with E-state index in [-0.39, 0.29) is 0 Å². The van der Waals surface area contributed by atoms with Crippen molar-refractivity contribution in [2.45, 2.75) is 6.92 Å². The molecule has 1 aliphatic rings. The zero-order chi connectivity index (χ0) is 13.1. The van der Waals surface area contributed by atoms with Gasteiger partial charge < -0.3 is 5.32 Å². The normalized spacial score (nSPS) is 13.8. The Morgan fingerprint density at radius 1 is 1.05 bits per heavy atom. The van der Waals surface area contributed by atoms with E-state index in [4.69, 9.17) is 0 Å². The van der Waals surface area contributed by atoms with Gasteiger partial charge in [0.1, 0.15) is 5.84 Å². The van der Waals surface area contributed by atoms with Gasteiger partial charge in [0.25, 0.3) is 0 Å². The van der Waals surface area contributed by atoms with Crippen LogP contribution < -0.4 is 5.32 Å². The van der Waals surface area contributed by atoms with Crippen LogP contribution in [0, 0.1) is 6.92 Å². The summed E-state index contributed by atoms with van der Waals surface area (Å²) in [6, 6.07) is 8.07. The van der Waals surface area contributed by atoms with Gasteiger partial charge >= 0.3 is 0 Å². The maximum Gasteiger partial charge on any atom is 0.159 e. The third-order valence-electron chi connectivity index (χ3n) is 2.87. The monoisotopic (exact) mass is 250 g/mol. The van der Waals surface area contributed by atoms with Gasteiger partial charge in [-0.3, -0.25) is 4.99 Å². The Morgan fingerprint density at radius 2 is 1.84 bits per heavy atom. The zero-order valence-electron chi connectivity index (χ0n) is 10.7. The van der Waals surface area contributed by atoms with Crippen LogP contribution >= 0.6 is 0 Å². The first-order valence-electron chi connectivity index (χ1n) is 6.18. The minimum absolute atomic E-state index is 0.716. The number of nitrogens with one attached hydrogen (secondary N) is 1. The Morgan fingerprint density at radius 3 is 2.58 bits per heavy atom. The molecule has 4 nitrogen and oxygen atoms in total. The average molecular weight is 250 g/mol. The molecule has 1 aromatic heterocycles. The molecule has 1 N–H and O–H groups in total. The van der Waals surface area contributed by atoms with Gasteiger partial charge in [-0.25, -0.2) is 9.97 Å². The predicted octanol–water partition coefficient (Wildman–Crippen LogP) is 2.32. The summed E-state index contributed by atoms with van der Waals surface area (Å²) in [6.07, 6.45) is 7.41. The van der Waals surface area contributed by atoms with Crippen LogP contribution in [0.3, 0.4) is 0 Å². The average Bonchev–Trinajstić information content (AvgIpc) is 2.48. The molecule has 1 aromatic carbocycles. The summed E-state index contributed by atoms with van der Waals surface area (Å²) in [5.41, 5.74) is 3.24. The second-order valence-corrected chi connectivity index (χ2v) is 4.40. The van der Waals surface area contributed by atoms with E-state index < -0.39 is 0 Å². The van der Waals surface area contributed by atoms with Gasteiger partial charge in [0, 0.05) is 29.7 Å². The summed E-state index contributed by atoms with van der Waals surface area (Å²) in [7, 11) is 0. The van der Waals surface area contributed by atoms with Gasteiger partial charge in [0.05, 0.1) is 6.54 Å². The van der Waals surface area contributed by atoms with Crippen molar-refractivity contribution in [2.24, 2.45) is 4.99 Å². The van der Waals surface area contributed by atoms with Crippen molar-refractivity contribution in [3.63, 3.8) is 0 Å². The first-order valence-corrected chi connectivity index (χ1v) is 6.18. The fourth-order valence-corrected chi connectivity index (χ4v) is 2.05. The van der Waals surface area contributed by atoms with Gasteiger partial charge in [-0.2, -0.15) is 0 Å². The smallest absolute Gasteiger partial charge is 0.159 e. The molecule has 3 rings (SSSR count). The number of aryl methyl sites for hydroxylation is 1. The molecule has 1 aliphatic heterocycles. The quantitative estimate of drug-likeness (QED) is 0.889. The second-order valence-electron chi connectivity index (χ2n) is 4.40. The molecule has 0 bridgehead atoms. The molecule has 2 aromatic rings. The summed E-state index contributed by atoms with van der Waals surface area (Å²) < 4.78 is 0. The van der Waals surface area contributed by atoms with E-state index in [0.717, 1.165) is 22.8 Å². The highest BCUT2D eigenvalue weighted by Gasteiger charge is 2.08. The molecule has 0 saturated carbocycles. The largest absolute Gasteiger partial charge is 0.347 e. The highest BCUT2D eigenvalue weighted by Crippen LogP contribution is 2.19. The van der Waals surface area contributed by atoms with E-state index >= 15 is 0 Å². The molecule has 0 unspecified atom stereocenters. The maximum absolute atomic E-state index is 4.45. The third-order valence-corrected chi connectivity index (χ3v) is 2.87. The number of nitrogens with zero attached hydrogens (tertiary/aromatic N) is 3. The zero-order valence-corrected chi connectivity index (χ0v) is 10.7. The first-order chi connectivity index (χ1) is 9.33. The lowest BCUT2D eigenvalue weighted by molar-refractivity contribution is 1.10. The van der Waals surface area contributed by atoms with Crippen LogP contribution in [0.25, 0.3) is 11.4 Å². The lowest BCUT2D eigenvalue weighted by Gasteiger charge is -2.12. The minimum Gasteiger partial charge on any atom is -0.347 e. The lowest BCUT2D eigenvalue weighted by Crippen LogP contribution is -2.22. The van der Waals surface area contributed by atoms with Gasteiger partial charge in [0.2, 0.25) is 0 Å². The topological polar surface area (TPSA) is 50.2 Å². The van der Waals surface area contributed by atoms with E-state index in [1.807, 2.05) is 18.3 Å². The molecule has 4 heteroatoms. The van der Waals surface area contributed by atoms with E-state index in [0.29, 0.717) is 6.54 Å². The van der Waals surface area contributed by atoms with Gasteiger partial charge in [-0.1, -0.05) is 0 Å². The van der Waals surface area contributed by atoms with E-state index in [1.54, 1.807) is 12.4 Å². The van der Waals surface area contributed by atoms with Crippen LogP contribution in [0.2, 0.25) is 0 Å². The van der Waals surface area contributed by atoms with Crippen LogP contribution in [-0.4, -0.2) is 22.3 Å². The van der Waals surface area contributed by atoms with E-state index in [9.17, 15) is 0 Å². The van der Waals surface area contributed by atoms with Crippen LogP contribution in [0.1, 0.15) is 11.1 Å². The summed E-state index contributed by atoms with van der Waals surface area (Å²) in [5, 5.41) is 3.17. The molecule has 94 valence electrons. The number of rotatable bonds is 2. The molecule has 19 heavy (non-hydrogen) atoms. The van der Waals surface area contributed by atoms with E-state index in [2.05, 4.69) is 45.4 Å². The second kappa shape index (κ2) is 5.02. The van der Waals surface area contributed by atoms with Crippen molar-refractivity contribution in [3.05, 3.63) is 60.1 Å². The Bertz CT molecular complexity index is 644. The molecule has 0 aliphatic carbocycles. The number of hydrogen-bond acceptors (Lipinski definition) is 4. The van der Waals surface area contributed by atoms with Crippen molar-refractivity contribution >= 4 is 5.84 Å². The standard InChI is InChI=1S/C15H14N4/c1-11-8-12(14-16-4-2-5-17-14)10-13(9-11)15-18-6-3-7-19-15/h2-6,8-10H,7H2,1H3,(H,18,19). The van der Waals surface area contributed by atoms with Crippen molar-refractivity contribution < 1.29 is 0 Å². The number of hydrogen-bond donors (Lipinski definition) is 1. The van der Waals surface area contributed by atoms with Gasteiger partial charge in [-0.15, -0.1) is 0 Å². The number of aromatic nitrogens is 2. The third kappa shape index (κ3) is 2.52. The fourth-order valence-electron chi connectivity index (χ4n) is 2.05. The van der Waals surface area contributed by atoms with Crippen LogP contribution in [0.5, 0.6) is 0 Å². The van der Waals surface area contributed by atoms with Gasteiger partial charge in [0.15, 0.2) is 5.82 Å². The summed E-state index contributed by atoms with van der Waals surface area (Å²) in [5.74, 6) is 1.63. The van der Waals surface area contributed by atoms with Crippen LogP contribution in [0.15, 0.2) is 53.9 Å². The molecular formula is C15H14N4. The molecular weight excluding hydrogens is 236 g/mol. The Labute approximate surface area is 112 Å². The molecule has 0 spiro atoms. The molecule has 0 saturated heterocycles. The summed E-state index contributed by atoms with van der Waals surface area (Å²) in [4.78, 5) is 13.0. The minimum atomic E-state index is 0.716. The maximum atomic E-state index is 4.45. The number of amidine groups is 1. The number of benzene rings is 1. The molecule has 2 heterocycles. The highest BCUT2D eigenvalue weighted by molar-refractivity contribution is 6.00. The van der Waals surface area contributed by atoms with Crippen molar-refractivity contribution in [2.75, 3.05) is 6.54 Å². The Balaban J connectivity index is 2.04. The molecule has 0 radical (unpaired) electrons. The molecule has 0 amide bonds. The van der Waals surface area contributed by atoms with Gasteiger partial charge in [-0.05, 0) is 42.8 Å². The molecule has 0 atom stereocenters. The predicted molar refractivity (Wildman–Crippen MR) is 75.9 cm³/mol. The first kappa shape index (κ1) is 11.6. The van der Waals surface area contributed by atoms with Crippen LogP contribution in [0.4, 0.5) is 0 Å². The lowest BCUT2D eigenvalue weighted by atomic mass is 10.0. The highest BCUT2D eigenvalue weighted by atomic mass is 15.0. The Hall–Kier alpha value is -2.49. The van der Waals surface area contributed by atoms with Crippen LogP contribution in [-0.2, 0) is 0 Å². The molecule has 0 fully saturated rings. The number of aliphatic imine (C=N–C) groups is 1. The van der Waals surface area contributed by atoms with Crippen molar-refractivity contribution in [1.29, 1.82) is 0 Å². The SMILES string of the molecule is Cc1cc(C2=NCC=CN2)cc(-c2ncccn2)c1. The summed E-state index contributed by atoms with van der Waals surface area (Å²) in [6.45, 7) is 2.78. The van der Waals surface area contributed by atoms with Crippen molar-refractivity contribution in [1.82, 2.24) is 15.3 Å². The Kier molecular flexibility index (Phi) is 3.06.